The third-order valence-electron chi connectivity index (χ3n) is 3.79. The lowest BCUT2D eigenvalue weighted by atomic mass is 10.1. The highest BCUT2D eigenvalue weighted by Crippen LogP contribution is 2.18. The normalized spacial score (nSPS) is 10.3. The van der Waals surface area contributed by atoms with Gasteiger partial charge in [-0.05, 0) is 48.2 Å². The van der Waals surface area contributed by atoms with E-state index in [1.807, 2.05) is 48.7 Å². The molecule has 2 aromatic carbocycles. The van der Waals surface area contributed by atoms with Gasteiger partial charge in [0.15, 0.2) is 0 Å². The first-order valence-electron chi connectivity index (χ1n) is 7.91. The summed E-state index contributed by atoms with van der Waals surface area (Å²) in [6.07, 6.45) is 0. The second-order valence-electron chi connectivity index (χ2n) is 5.61. The van der Waals surface area contributed by atoms with Gasteiger partial charge in [-0.1, -0.05) is 30.3 Å². The van der Waals surface area contributed by atoms with Crippen molar-refractivity contribution in [2.45, 2.75) is 13.5 Å². The second kappa shape index (κ2) is 7.77. The number of aryl methyl sites for hydroxylation is 1. The molecule has 0 spiro atoms. The SMILES string of the molecule is Cc1ccc(C(=O)NCc2cccs2)cc1NC(=O)c1ccccc1. The molecule has 0 saturated carbocycles. The second-order valence-corrected chi connectivity index (χ2v) is 6.64. The molecule has 0 atom stereocenters. The number of carbonyl (C=O) groups is 2. The van der Waals surface area contributed by atoms with Crippen LogP contribution >= 0.6 is 11.3 Å². The fraction of sp³-hybridized carbons (Fsp3) is 0.100. The summed E-state index contributed by atoms with van der Waals surface area (Å²) in [4.78, 5) is 25.8. The number of nitrogens with one attached hydrogen (secondary N) is 2. The minimum atomic E-state index is -0.195. The van der Waals surface area contributed by atoms with Gasteiger partial charge in [0.1, 0.15) is 0 Å². The number of benzene rings is 2. The highest BCUT2D eigenvalue weighted by molar-refractivity contribution is 7.09. The van der Waals surface area contributed by atoms with E-state index in [2.05, 4.69) is 10.6 Å². The van der Waals surface area contributed by atoms with Crippen molar-refractivity contribution < 1.29 is 9.59 Å². The van der Waals surface area contributed by atoms with Gasteiger partial charge >= 0.3 is 0 Å². The molecule has 2 amide bonds. The Labute approximate surface area is 150 Å². The van der Waals surface area contributed by atoms with Crippen LogP contribution in [0.5, 0.6) is 0 Å². The van der Waals surface area contributed by atoms with Crippen molar-refractivity contribution in [2.24, 2.45) is 0 Å². The van der Waals surface area contributed by atoms with Crippen LogP contribution in [0.3, 0.4) is 0 Å². The molecule has 0 aliphatic carbocycles. The van der Waals surface area contributed by atoms with Crippen LogP contribution in [0.1, 0.15) is 31.2 Å². The van der Waals surface area contributed by atoms with Gasteiger partial charge in [0.25, 0.3) is 11.8 Å². The molecular formula is C20H18N2O2S. The molecule has 0 saturated heterocycles. The van der Waals surface area contributed by atoms with Crippen molar-refractivity contribution >= 4 is 28.8 Å². The van der Waals surface area contributed by atoms with Gasteiger partial charge in [-0.3, -0.25) is 9.59 Å². The van der Waals surface area contributed by atoms with Gasteiger partial charge in [-0.25, -0.2) is 0 Å². The standard InChI is InChI=1S/C20H18N2O2S/c1-14-9-10-16(19(23)21-13-17-8-5-11-25-17)12-18(14)22-20(24)15-6-3-2-4-7-15/h2-12H,13H2,1H3,(H,21,23)(H,22,24). The summed E-state index contributed by atoms with van der Waals surface area (Å²) in [7, 11) is 0. The van der Waals surface area contributed by atoms with Crippen LogP contribution in [0.25, 0.3) is 0 Å². The highest BCUT2D eigenvalue weighted by atomic mass is 32.1. The van der Waals surface area contributed by atoms with Crippen molar-refractivity contribution in [3.8, 4) is 0 Å². The van der Waals surface area contributed by atoms with Crippen molar-refractivity contribution in [1.29, 1.82) is 0 Å². The van der Waals surface area contributed by atoms with Gasteiger partial charge in [0.2, 0.25) is 0 Å². The number of hydrogen-bond donors (Lipinski definition) is 2. The molecule has 1 heterocycles. The van der Waals surface area contributed by atoms with Gasteiger partial charge in [-0.15, -0.1) is 11.3 Å². The zero-order valence-corrected chi connectivity index (χ0v) is 14.6. The van der Waals surface area contributed by atoms with Gasteiger partial charge < -0.3 is 10.6 Å². The Kier molecular flexibility index (Phi) is 5.26. The Balaban J connectivity index is 1.71. The first-order chi connectivity index (χ1) is 12.1. The van der Waals surface area contributed by atoms with E-state index in [0.717, 1.165) is 10.4 Å². The van der Waals surface area contributed by atoms with Crippen molar-refractivity contribution in [3.63, 3.8) is 0 Å². The topological polar surface area (TPSA) is 58.2 Å². The van der Waals surface area contributed by atoms with Gasteiger partial charge in [0, 0.05) is 21.7 Å². The lowest BCUT2D eigenvalue weighted by Gasteiger charge is -2.11. The molecule has 126 valence electrons. The van der Waals surface area contributed by atoms with Crippen molar-refractivity contribution in [2.75, 3.05) is 5.32 Å². The van der Waals surface area contributed by atoms with E-state index in [0.29, 0.717) is 23.4 Å². The van der Waals surface area contributed by atoms with Crippen LogP contribution in [-0.4, -0.2) is 11.8 Å². The maximum Gasteiger partial charge on any atom is 0.255 e. The number of amides is 2. The van der Waals surface area contributed by atoms with E-state index in [4.69, 9.17) is 0 Å². The maximum atomic E-state index is 12.3. The molecular weight excluding hydrogens is 332 g/mol. The smallest absolute Gasteiger partial charge is 0.255 e. The maximum absolute atomic E-state index is 12.3. The highest BCUT2D eigenvalue weighted by Gasteiger charge is 2.11. The summed E-state index contributed by atoms with van der Waals surface area (Å²) < 4.78 is 0. The number of anilines is 1. The van der Waals surface area contributed by atoms with Crippen LogP contribution in [0.15, 0.2) is 66.0 Å². The zero-order chi connectivity index (χ0) is 17.6. The van der Waals surface area contributed by atoms with E-state index in [1.165, 1.54) is 0 Å². The van der Waals surface area contributed by atoms with E-state index < -0.39 is 0 Å². The average Bonchev–Trinajstić information content (AvgIpc) is 3.16. The molecule has 4 nitrogen and oxygen atoms in total. The van der Waals surface area contributed by atoms with Gasteiger partial charge in [-0.2, -0.15) is 0 Å². The van der Waals surface area contributed by atoms with E-state index in [-0.39, 0.29) is 11.8 Å². The molecule has 25 heavy (non-hydrogen) atoms. The molecule has 0 aliphatic rings. The minimum Gasteiger partial charge on any atom is -0.347 e. The first-order valence-corrected chi connectivity index (χ1v) is 8.79. The minimum absolute atomic E-state index is 0.163. The average molecular weight is 350 g/mol. The summed E-state index contributed by atoms with van der Waals surface area (Å²) in [6.45, 7) is 2.39. The zero-order valence-electron chi connectivity index (χ0n) is 13.8. The van der Waals surface area contributed by atoms with Crippen LogP contribution in [0, 0.1) is 6.92 Å². The van der Waals surface area contributed by atoms with Crippen molar-refractivity contribution in [1.82, 2.24) is 5.32 Å². The number of hydrogen-bond acceptors (Lipinski definition) is 3. The van der Waals surface area contributed by atoms with Crippen LogP contribution in [-0.2, 0) is 6.54 Å². The predicted octanol–water partition coefficient (Wildman–Crippen LogP) is 4.24. The molecule has 0 unspecified atom stereocenters. The summed E-state index contributed by atoms with van der Waals surface area (Å²) >= 11 is 1.60. The Hall–Kier alpha value is -2.92. The molecule has 0 fully saturated rings. The van der Waals surface area contributed by atoms with E-state index >= 15 is 0 Å². The third-order valence-corrected chi connectivity index (χ3v) is 4.66. The predicted molar refractivity (Wildman–Crippen MR) is 101 cm³/mol. The molecule has 0 radical (unpaired) electrons. The monoisotopic (exact) mass is 350 g/mol. The Morgan fingerprint density at radius 2 is 1.72 bits per heavy atom. The molecule has 0 bridgehead atoms. The lowest BCUT2D eigenvalue weighted by Crippen LogP contribution is -2.22. The van der Waals surface area contributed by atoms with E-state index in [9.17, 15) is 9.59 Å². The summed E-state index contributed by atoms with van der Waals surface area (Å²) in [5.74, 6) is -0.358. The van der Waals surface area contributed by atoms with E-state index in [1.54, 1.807) is 35.6 Å². The fourth-order valence-electron chi connectivity index (χ4n) is 2.36. The molecule has 3 rings (SSSR count). The van der Waals surface area contributed by atoms with Crippen LogP contribution in [0.4, 0.5) is 5.69 Å². The largest absolute Gasteiger partial charge is 0.347 e. The molecule has 2 N–H and O–H groups in total. The Morgan fingerprint density at radius 1 is 0.920 bits per heavy atom. The molecule has 1 aromatic heterocycles. The first kappa shape index (κ1) is 16.9. The van der Waals surface area contributed by atoms with Crippen molar-refractivity contribution in [3.05, 3.63) is 87.6 Å². The number of rotatable bonds is 5. The number of carbonyl (C=O) groups excluding carboxylic acids is 2. The summed E-state index contributed by atoms with van der Waals surface area (Å²) in [6, 6.07) is 18.2. The number of thiophene rings is 1. The summed E-state index contributed by atoms with van der Waals surface area (Å²) in [5, 5.41) is 7.74. The molecule has 3 aromatic rings. The molecule has 5 heteroatoms. The Bertz CT molecular complexity index is 874. The molecule has 0 aliphatic heterocycles. The quantitative estimate of drug-likeness (QED) is 0.723. The van der Waals surface area contributed by atoms with Crippen LogP contribution < -0.4 is 10.6 Å². The third kappa shape index (κ3) is 4.33. The Morgan fingerprint density at radius 3 is 2.44 bits per heavy atom. The summed E-state index contributed by atoms with van der Waals surface area (Å²) in [5.41, 5.74) is 2.64. The van der Waals surface area contributed by atoms with Gasteiger partial charge in [0.05, 0.1) is 6.54 Å². The lowest BCUT2D eigenvalue weighted by molar-refractivity contribution is 0.0950. The van der Waals surface area contributed by atoms with Crippen LogP contribution in [0.2, 0.25) is 0 Å². The fourth-order valence-corrected chi connectivity index (χ4v) is 3.01.